The summed E-state index contributed by atoms with van der Waals surface area (Å²) in [6.45, 7) is 1.73. The third kappa shape index (κ3) is 7.63. The van der Waals surface area contributed by atoms with E-state index in [0.29, 0.717) is 16.8 Å². The summed E-state index contributed by atoms with van der Waals surface area (Å²) in [6.07, 6.45) is -4.45. The predicted molar refractivity (Wildman–Crippen MR) is 185 cm³/mol. The van der Waals surface area contributed by atoms with Crippen molar-refractivity contribution in [2.75, 3.05) is 18.0 Å². The molecule has 0 amide bonds. The molecule has 1 aliphatic carbocycles. The molecule has 1 aliphatic rings. The Labute approximate surface area is 293 Å². The molecule has 4 aromatic carbocycles. The first-order valence-electron chi connectivity index (χ1n) is 16.3. The zero-order valence-electron chi connectivity index (χ0n) is 28.1. The molecule has 0 N–H and O–H groups in total. The molecule has 5 aromatic rings. The van der Waals surface area contributed by atoms with E-state index < -0.39 is 45.5 Å². The topological polar surface area (TPSA) is 108 Å². The van der Waals surface area contributed by atoms with Gasteiger partial charge in [0.1, 0.15) is 24.0 Å². The number of ketones is 1. The summed E-state index contributed by atoms with van der Waals surface area (Å²) in [4.78, 5) is 31.5. The van der Waals surface area contributed by atoms with Crippen molar-refractivity contribution < 1.29 is 40.7 Å². The smallest absolute Gasteiger partial charge is 0.416 e. The Morgan fingerprint density at radius 2 is 1.65 bits per heavy atom. The van der Waals surface area contributed by atoms with Crippen molar-refractivity contribution >= 4 is 38.5 Å². The number of Topliss-reactive ketones (excluding diaryl/α,β-unsaturated/α-hetero) is 1. The summed E-state index contributed by atoms with van der Waals surface area (Å²) in [5.41, 5.74) is 2.31. The van der Waals surface area contributed by atoms with Gasteiger partial charge in [0.2, 0.25) is 0 Å². The zero-order valence-corrected chi connectivity index (χ0v) is 28.9. The summed E-state index contributed by atoms with van der Waals surface area (Å²) in [5, 5.41) is 0. The summed E-state index contributed by atoms with van der Waals surface area (Å²) >= 11 is 0. The molecule has 0 aliphatic heterocycles. The molecule has 0 saturated heterocycles. The van der Waals surface area contributed by atoms with E-state index in [4.69, 9.17) is 9.47 Å². The molecule has 0 spiro atoms. The van der Waals surface area contributed by atoms with Crippen molar-refractivity contribution in [3.8, 4) is 5.75 Å². The molecule has 13 heteroatoms. The van der Waals surface area contributed by atoms with E-state index in [1.54, 1.807) is 30.3 Å². The third-order valence-corrected chi connectivity index (χ3v) is 11.2. The lowest BCUT2D eigenvalue weighted by molar-refractivity contribution is -0.155. The Balaban J connectivity index is 1.25. The highest BCUT2D eigenvalue weighted by Gasteiger charge is 2.44. The van der Waals surface area contributed by atoms with Gasteiger partial charge in [0.25, 0.3) is 10.0 Å². The van der Waals surface area contributed by atoms with Crippen LogP contribution in [0.3, 0.4) is 0 Å². The predicted octanol–water partition coefficient (Wildman–Crippen LogP) is 7.23. The summed E-state index contributed by atoms with van der Waals surface area (Å²) < 4.78 is 81.2. The lowest BCUT2D eigenvalue weighted by Gasteiger charge is -2.36. The Kier molecular flexibility index (Phi) is 9.94. The zero-order chi connectivity index (χ0) is 36.5. The lowest BCUT2D eigenvalue weighted by Crippen LogP contribution is -2.40. The number of hydrogen-bond acceptors (Lipinski definition) is 7. The number of esters is 1. The minimum atomic E-state index is -4.50. The van der Waals surface area contributed by atoms with Gasteiger partial charge in [-0.3, -0.25) is 13.9 Å². The van der Waals surface area contributed by atoms with E-state index in [2.05, 4.69) is 4.98 Å². The van der Waals surface area contributed by atoms with Crippen LogP contribution < -0.4 is 9.04 Å². The van der Waals surface area contributed by atoms with Gasteiger partial charge in [-0.25, -0.2) is 13.4 Å². The van der Waals surface area contributed by atoms with Gasteiger partial charge in [-0.05, 0) is 72.6 Å². The van der Waals surface area contributed by atoms with Crippen LogP contribution in [-0.2, 0) is 44.2 Å². The molecule has 3 atom stereocenters. The fourth-order valence-corrected chi connectivity index (χ4v) is 7.72. The van der Waals surface area contributed by atoms with Crippen LogP contribution in [0.5, 0.6) is 5.75 Å². The Morgan fingerprint density at radius 3 is 2.31 bits per heavy atom. The number of nitrogens with zero attached hydrogens (tertiary/aromatic N) is 3. The minimum absolute atomic E-state index is 0.00870. The fourth-order valence-electron chi connectivity index (χ4n) is 6.51. The standard InChI is InChI=1S/C38H36F3N3O6S/c1-24-42-34-21-32(17-18-35(34)43(24)2)51(47,48)44(3)29-13-9-26(10-14-29)33-20-30(45)19-27(23-49-31-15-11-28(12-16-31)38(39,40)41)36(33)37(46)50-22-25-7-5-4-6-8-25/h4-18,21,27,33,36H,19-20,22-23H2,1-3H3/t27-,33+,36-/m0/s1. The second kappa shape index (κ2) is 14.2. The van der Waals surface area contributed by atoms with Gasteiger partial charge < -0.3 is 14.0 Å². The van der Waals surface area contributed by atoms with Crippen molar-refractivity contribution in [2.45, 2.75) is 43.4 Å². The summed E-state index contributed by atoms with van der Waals surface area (Å²) in [7, 11) is -0.667. The number of ether oxygens (including phenoxy) is 2. The highest BCUT2D eigenvalue weighted by molar-refractivity contribution is 7.92. The van der Waals surface area contributed by atoms with Gasteiger partial charge in [0, 0.05) is 38.8 Å². The van der Waals surface area contributed by atoms with Gasteiger partial charge in [0.15, 0.2) is 0 Å². The maximum Gasteiger partial charge on any atom is 0.416 e. The quantitative estimate of drug-likeness (QED) is 0.140. The number of fused-ring (bicyclic) bond motifs is 1. The molecule has 0 unspecified atom stereocenters. The Morgan fingerprint density at radius 1 is 0.961 bits per heavy atom. The van der Waals surface area contributed by atoms with E-state index in [1.165, 1.54) is 31.3 Å². The number of sulfonamides is 1. The van der Waals surface area contributed by atoms with Crippen LogP contribution in [0, 0.1) is 18.8 Å². The Bertz CT molecular complexity index is 2150. The molecule has 51 heavy (non-hydrogen) atoms. The Hall–Kier alpha value is -5.17. The number of halogens is 3. The highest BCUT2D eigenvalue weighted by Crippen LogP contribution is 2.42. The number of benzene rings is 4. The van der Waals surface area contributed by atoms with Crippen LogP contribution in [0.4, 0.5) is 18.9 Å². The van der Waals surface area contributed by atoms with Gasteiger partial charge in [-0.15, -0.1) is 0 Å². The van der Waals surface area contributed by atoms with Crippen molar-refractivity contribution in [1.29, 1.82) is 0 Å². The normalized spacial score (nSPS) is 18.1. The van der Waals surface area contributed by atoms with Crippen LogP contribution in [0.15, 0.2) is 102 Å². The van der Waals surface area contributed by atoms with E-state index in [9.17, 15) is 31.2 Å². The number of alkyl halides is 3. The van der Waals surface area contributed by atoms with Crippen molar-refractivity contribution in [3.05, 3.63) is 120 Å². The number of anilines is 1. The number of rotatable bonds is 10. The SMILES string of the molecule is Cc1nc2cc(S(=O)(=O)N(C)c3ccc([C@H]4CC(=O)C[C@@H](COc5ccc(C(F)(F)F)cc5)[C@@H]4C(=O)OCc4ccccc4)cc3)ccc2n1C. The maximum atomic E-state index is 13.8. The molecular weight excluding hydrogens is 683 g/mol. The number of hydrogen-bond donors (Lipinski definition) is 0. The molecule has 0 radical (unpaired) electrons. The van der Waals surface area contributed by atoms with Crippen LogP contribution in [-0.4, -0.2) is 43.4 Å². The number of imidazole rings is 1. The highest BCUT2D eigenvalue weighted by atomic mass is 32.2. The molecule has 1 saturated carbocycles. The van der Waals surface area contributed by atoms with E-state index in [1.807, 2.05) is 48.9 Å². The van der Waals surface area contributed by atoms with Gasteiger partial charge in [-0.2, -0.15) is 13.2 Å². The number of aromatic nitrogens is 2. The summed E-state index contributed by atoms with van der Waals surface area (Å²) in [5.74, 6) is -1.84. The molecular formula is C38H36F3N3O6S. The summed E-state index contributed by atoms with van der Waals surface area (Å²) in [6, 6.07) is 24.8. The van der Waals surface area contributed by atoms with Crippen molar-refractivity contribution in [1.82, 2.24) is 9.55 Å². The second-order valence-corrected chi connectivity index (χ2v) is 14.7. The van der Waals surface area contributed by atoms with Crippen LogP contribution in [0.25, 0.3) is 11.0 Å². The van der Waals surface area contributed by atoms with Crippen molar-refractivity contribution in [2.24, 2.45) is 18.9 Å². The van der Waals surface area contributed by atoms with Crippen molar-refractivity contribution in [3.63, 3.8) is 0 Å². The van der Waals surface area contributed by atoms with Crippen LogP contribution >= 0.6 is 0 Å². The molecule has 0 bridgehead atoms. The largest absolute Gasteiger partial charge is 0.493 e. The monoisotopic (exact) mass is 719 g/mol. The first-order valence-corrected chi connectivity index (χ1v) is 17.7. The van der Waals surface area contributed by atoms with Gasteiger partial charge >= 0.3 is 12.1 Å². The fraction of sp³-hybridized carbons (Fsp3) is 0.289. The number of carbonyl (C=O) groups is 2. The molecule has 266 valence electrons. The second-order valence-electron chi connectivity index (χ2n) is 12.7. The third-order valence-electron chi connectivity index (χ3n) is 9.44. The van der Waals surface area contributed by atoms with E-state index in [0.717, 1.165) is 33.3 Å². The molecule has 9 nitrogen and oxygen atoms in total. The van der Waals surface area contributed by atoms with E-state index in [-0.39, 0.29) is 42.5 Å². The molecule has 1 fully saturated rings. The van der Waals surface area contributed by atoms with Crippen LogP contribution in [0.2, 0.25) is 0 Å². The van der Waals surface area contributed by atoms with Gasteiger partial charge in [-0.1, -0.05) is 42.5 Å². The number of aryl methyl sites for hydroxylation is 2. The average Bonchev–Trinajstić information content (AvgIpc) is 3.41. The molecule has 1 aromatic heterocycles. The van der Waals surface area contributed by atoms with E-state index >= 15 is 0 Å². The first-order chi connectivity index (χ1) is 24.2. The lowest BCUT2D eigenvalue weighted by atomic mass is 9.69. The maximum absolute atomic E-state index is 13.8. The van der Waals surface area contributed by atoms with Gasteiger partial charge in [0.05, 0.1) is 39.7 Å². The number of carbonyl (C=O) groups excluding carboxylic acids is 2. The molecule has 1 heterocycles. The minimum Gasteiger partial charge on any atom is -0.493 e. The van der Waals surface area contributed by atoms with Crippen LogP contribution in [0.1, 0.15) is 41.3 Å². The average molecular weight is 720 g/mol. The molecule has 6 rings (SSSR count). The first kappa shape index (κ1) is 35.6.